The molecular formula is C13H10BrFN2O2. The molecule has 0 aliphatic carbocycles. The number of carboxylic acid groups (broad SMARTS) is 1. The van der Waals surface area contributed by atoms with E-state index in [4.69, 9.17) is 5.11 Å². The molecule has 6 heteroatoms. The molecule has 0 amide bonds. The van der Waals surface area contributed by atoms with Crippen molar-refractivity contribution in [3.05, 3.63) is 51.9 Å². The summed E-state index contributed by atoms with van der Waals surface area (Å²) in [6.45, 7) is 1.72. The number of nitrogens with one attached hydrogen (secondary N) is 1. The van der Waals surface area contributed by atoms with Gasteiger partial charge in [-0.25, -0.2) is 14.2 Å². The monoisotopic (exact) mass is 324 g/mol. The molecule has 1 aromatic heterocycles. The maximum atomic E-state index is 13.3. The summed E-state index contributed by atoms with van der Waals surface area (Å²) in [5.41, 5.74) is 1.31. The molecule has 4 nitrogen and oxygen atoms in total. The van der Waals surface area contributed by atoms with Gasteiger partial charge < -0.3 is 10.4 Å². The Morgan fingerprint density at radius 2 is 2.21 bits per heavy atom. The molecule has 2 N–H and O–H groups in total. The first kappa shape index (κ1) is 13.5. The van der Waals surface area contributed by atoms with Gasteiger partial charge in [0.05, 0.1) is 4.47 Å². The fourth-order valence-electron chi connectivity index (χ4n) is 1.59. The molecule has 0 unspecified atom stereocenters. The van der Waals surface area contributed by atoms with E-state index in [1.807, 2.05) is 0 Å². The third-order valence-corrected chi connectivity index (χ3v) is 3.17. The molecule has 1 heterocycles. The van der Waals surface area contributed by atoms with E-state index < -0.39 is 5.97 Å². The van der Waals surface area contributed by atoms with E-state index in [2.05, 4.69) is 26.2 Å². The van der Waals surface area contributed by atoms with Crippen LogP contribution in [0, 0.1) is 12.7 Å². The topological polar surface area (TPSA) is 62.2 Å². The number of benzene rings is 1. The lowest BCUT2D eigenvalue weighted by molar-refractivity contribution is 0.0697. The Morgan fingerprint density at radius 1 is 1.47 bits per heavy atom. The van der Waals surface area contributed by atoms with Gasteiger partial charge in [0.1, 0.15) is 17.2 Å². The van der Waals surface area contributed by atoms with Crippen LogP contribution in [0.15, 0.2) is 34.9 Å². The van der Waals surface area contributed by atoms with Crippen LogP contribution in [-0.2, 0) is 0 Å². The number of aromatic carboxylic acids is 1. The van der Waals surface area contributed by atoms with Crippen molar-refractivity contribution in [3.8, 4) is 0 Å². The van der Waals surface area contributed by atoms with Gasteiger partial charge in [0.2, 0.25) is 0 Å². The summed E-state index contributed by atoms with van der Waals surface area (Å²) in [4.78, 5) is 15.1. The highest BCUT2D eigenvalue weighted by Crippen LogP contribution is 2.27. The first-order valence-corrected chi connectivity index (χ1v) is 6.19. The fraction of sp³-hybridized carbons (Fsp3) is 0.0769. The Kier molecular flexibility index (Phi) is 3.80. The SMILES string of the molecule is Cc1cc(F)c(Br)cc1Nc1ncccc1C(=O)O. The second-order valence-electron chi connectivity index (χ2n) is 3.91. The van der Waals surface area contributed by atoms with Crippen LogP contribution in [0.5, 0.6) is 0 Å². The summed E-state index contributed by atoms with van der Waals surface area (Å²) >= 11 is 3.09. The van der Waals surface area contributed by atoms with Gasteiger partial charge in [-0.05, 0) is 52.7 Å². The molecule has 0 atom stereocenters. The van der Waals surface area contributed by atoms with E-state index in [1.54, 1.807) is 19.1 Å². The van der Waals surface area contributed by atoms with Crippen molar-refractivity contribution < 1.29 is 14.3 Å². The molecule has 0 aliphatic rings. The number of hydrogen-bond donors (Lipinski definition) is 2. The molecule has 0 radical (unpaired) electrons. The molecule has 1 aromatic carbocycles. The summed E-state index contributed by atoms with van der Waals surface area (Å²) < 4.78 is 13.6. The van der Waals surface area contributed by atoms with E-state index in [0.717, 1.165) is 0 Å². The molecule has 0 aliphatic heterocycles. The van der Waals surface area contributed by atoms with Crippen LogP contribution in [-0.4, -0.2) is 16.1 Å². The predicted octanol–water partition coefficient (Wildman–Crippen LogP) is 3.73. The average molecular weight is 325 g/mol. The van der Waals surface area contributed by atoms with Crippen LogP contribution in [0.2, 0.25) is 0 Å². The number of aryl methyl sites for hydroxylation is 1. The summed E-state index contributed by atoms with van der Waals surface area (Å²) in [5.74, 6) is -1.23. The standard InChI is InChI=1S/C13H10BrFN2O2/c1-7-5-10(15)9(14)6-11(7)17-12-8(13(18)19)3-2-4-16-12/h2-6H,1H3,(H,16,17)(H,18,19). The van der Waals surface area contributed by atoms with Crippen LogP contribution in [0.3, 0.4) is 0 Å². The van der Waals surface area contributed by atoms with E-state index in [9.17, 15) is 9.18 Å². The van der Waals surface area contributed by atoms with Crippen LogP contribution in [0.1, 0.15) is 15.9 Å². The van der Waals surface area contributed by atoms with Crippen molar-refractivity contribution in [2.75, 3.05) is 5.32 Å². The van der Waals surface area contributed by atoms with E-state index in [1.165, 1.54) is 18.3 Å². The van der Waals surface area contributed by atoms with Gasteiger partial charge in [0, 0.05) is 11.9 Å². The first-order valence-electron chi connectivity index (χ1n) is 5.40. The molecule has 2 aromatic rings. The highest BCUT2D eigenvalue weighted by atomic mass is 79.9. The van der Waals surface area contributed by atoms with Gasteiger partial charge in [-0.3, -0.25) is 0 Å². The molecule has 0 spiro atoms. The number of hydrogen-bond acceptors (Lipinski definition) is 3. The Morgan fingerprint density at radius 3 is 2.89 bits per heavy atom. The third kappa shape index (κ3) is 2.90. The van der Waals surface area contributed by atoms with Crippen molar-refractivity contribution in [1.29, 1.82) is 0 Å². The number of halogens is 2. The largest absolute Gasteiger partial charge is 0.478 e. The van der Waals surface area contributed by atoms with Gasteiger partial charge in [-0.2, -0.15) is 0 Å². The molecule has 0 saturated carbocycles. The number of anilines is 2. The van der Waals surface area contributed by atoms with Crippen molar-refractivity contribution in [3.63, 3.8) is 0 Å². The Balaban J connectivity index is 2.42. The number of carbonyl (C=O) groups is 1. The van der Waals surface area contributed by atoms with Crippen molar-refractivity contribution in [2.45, 2.75) is 6.92 Å². The average Bonchev–Trinajstić information content (AvgIpc) is 2.36. The summed E-state index contributed by atoms with van der Waals surface area (Å²) in [5, 5.41) is 12.0. The van der Waals surface area contributed by atoms with Crippen molar-refractivity contribution in [2.24, 2.45) is 0 Å². The zero-order valence-electron chi connectivity index (χ0n) is 9.95. The Bertz CT molecular complexity index is 647. The smallest absolute Gasteiger partial charge is 0.339 e. The number of carboxylic acids is 1. The molecule has 98 valence electrons. The molecule has 19 heavy (non-hydrogen) atoms. The van der Waals surface area contributed by atoms with Crippen molar-refractivity contribution >= 4 is 33.4 Å². The highest BCUT2D eigenvalue weighted by Gasteiger charge is 2.12. The number of rotatable bonds is 3. The molecule has 2 rings (SSSR count). The fourth-order valence-corrected chi connectivity index (χ4v) is 1.93. The molecular weight excluding hydrogens is 315 g/mol. The molecule has 0 saturated heterocycles. The van der Waals surface area contributed by atoms with E-state index in [0.29, 0.717) is 15.7 Å². The predicted molar refractivity (Wildman–Crippen MR) is 73.3 cm³/mol. The number of nitrogens with zero attached hydrogens (tertiary/aromatic N) is 1. The zero-order valence-corrected chi connectivity index (χ0v) is 11.5. The Hall–Kier alpha value is -1.95. The minimum Gasteiger partial charge on any atom is -0.478 e. The molecule has 0 fully saturated rings. The first-order chi connectivity index (χ1) is 8.99. The second-order valence-corrected chi connectivity index (χ2v) is 4.77. The van der Waals surface area contributed by atoms with Gasteiger partial charge in [0.25, 0.3) is 0 Å². The van der Waals surface area contributed by atoms with Gasteiger partial charge in [-0.15, -0.1) is 0 Å². The second kappa shape index (κ2) is 5.36. The van der Waals surface area contributed by atoms with Gasteiger partial charge in [0.15, 0.2) is 0 Å². The molecule has 0 bridgehead atoms. The van der Waals surface area contributed by atoms with Crippen LogP contribution >= 0.6 is 15.9 Å². The van der Waals surface area contributed by atoms with Crippen LogP contribution in [0.25, 0.3) is 0 Å². The zero-order chi connectivity index (χ0) is 14.0. The quantitative estimate of drug-likeness (QED) is 0.902. The van der Waals surface area contributed by atoms with E-state index >= 15 is 0 Å². The van der Waals surface area contributed by atoms with Gasteiger partial charge in [-0.1, -0.05) is 0 Å². The minimum atomic E-state index is -1.07. The number of aromatic nitrogens is 1. The lowest BCUT2D eigenvalue weighted by Gasteiger charge is -2.11. The minimum absolute atomic E-state index is 0.0577. The Labute approximate surface area is 117 Å². The van der Waals surface area contributed by atoms with Crippen LogP contribution in [0.4, 0.5) is 15.9 Å². The van der Waals surface area contributed by atoms with Gasteiger partial charge >= 0.3 is 5.97 Å². The highest BCUT2D eigenvalue weighted by molar-refractivity contribution is 9.10. The summed E-state index contributed by atoms with van der Waals surface area (Å²) in [6, 6.07) is 5.90. The lowest BCUT2D eigenvalue weighted by Crippen LogP contribution is -2.05. The normalized spacial score (nSPS) is 10.3. The third-order valence-electron chi connectivity index (χ3n) is 2.56. The van der Waals surface area contributed by atoms with E-state index in [-0.39, 0.29) is 17.2 Å². The van der Waals surface area contributed by atoms with Crippen LogP contribution < -0.4 is 5.32 Å². The van der Waals surface area contributed by atoms with Crippen molar-refractivity contribution in [1.82, 2.24) is 4.98 Å². The maximum Gasteiger partial charge on any atom is 0.339 e. The lowest BCUT2D eigenvalue weighted by atomic mass is 10.2. The summed E-state index contributed by atoms with van der Waals surface area (Å²) in [7, 11) is 0. The maximum absolute atomic E-state index is 13.3. The summed E-state index contributed by atoms with van der Waals surface area (Å²) in [6.07, 6.45) is 1.49. The number of pyridine rings is 1.